The highest BCUT2D eigenvalue weighted by Gasteiger charge is 2.17. The van der Waals surface area contributed by atoms with Gasteiger partial charge < -0.3 is 15.3 Å². The zero-order valence-corrected chi connectivity index (χ0v) is 10.8. The van der Waals surface area contributed by atoms with E-state index in [4.69, 9.17) is 5.11 Å². The molecule has 2 rings (SSSR count). The van der Waals surface area contributed by atoms with Crippen molar-refractivity contribution in [1.82, 2.24) is 10.2 Å². The zero-order valence-electron chi connectivity index (χ0n) is 10.8. The van der Waals surface area contributed by atoms with E-state index in [2.05, 4.69) is 5.32 Å². The van der Waals surface area contributed by atoms with Crippen LogP contribution in [0.5, 0.6) is 0 Å². The van der Waals surface area contributed by atoms with Crippen molar-refractivity contribution in [3.63, 3.8) is 0 Å². The second-order valence-electron chi connectivity index (χ2n) is 4.64. The number of aromatic carboxylic acids is 1. The SMILES string of the molecule is O=C(O)c1ccccc1CCNC(=O)N1CCCC1. The van der Waals surface area contributed by atoms with Gasteiger partial charge in [0.15, 0.2) is 0 Å². The number of carboxylic acid groups (broad SMARTS) is 1. The van der Waals surface area contributed by atoms with E-state index < -0.39 is 5.97 Å². The molecule has 0 saturated carbocycles. The third-order valence-corrected chi connectivity index (χ3v) is 3.31. The van der Waals surface area contributed by atoms with Crippen molar-refractivity contribution >= 4 is 12.0 Å². The molecule has 102 valence electrons. The maximum Gasteiger partial charge on any atom is 0.335 e. The predicted molar refractivity (Wildman–Crippen MR) is 71.3 cm³/mol. The molecule has 0 aliphatic carbocycles. The number of carbonyl (C=O) groups excluding carboxylic acids is 1. The van der Waals surface area contributed by atoms with Gasteiger partial charge in [-0.25, -0.2) is 9.59 Å². The molecule has 0 spiro atoms. The Morgan fingerprint density at radius 3 is 2.58 bits per heavy atom. The highest BCUT2D eigenvalue weighted by atomic mass is 16.4. The Balaban J connectivity index is 1.85. The molecule has 5 nitrogen and oxygen atoms in total. The molecule has 1 aromatic carbocycles. The van der Waals surface area contributed by atoms with Crippen LogP contribution >= 0.6 is 0 Å². The summed E-state index contributed by atoms with van der Waals surface area (Å²) in [7, 11) is 0. The molecular formula is C14H18N2O3. The van der Waals surface area contributed by atoms with E-state index in [1.807, 2.05) is 6.07 Å². The molecule has 1 saturated heterocycles. The molecule has 0 bridgehead atoms. The standard InChI is InChI=1S/C14H18N2O3/c17-13(18)12-6-2-1-5-11(12)7-8-15-14(19)16-9-3-4-10-16/h1-2,5-6H,3-4,7-10H2,(H,15,19)(H,17,18). The molecule has 2 amide bonds. The lowest BCUT2D eigenvalue weighted by molar-refractivity contribution is 0.0695. The zero-order chi connectivity index (χ0) is 13.7. The molecule has 1 aromatic rings. The molecule has 0 atom stereocenters. The lowest BCUT2D eigenvalue weighted by Crippen LogP contribution is -2.38. The van der Waals surface area contributed by atoms with Gasteiger partial charge in [0.1, 0.15) is 0 Å². The lowest BCUT2D eigenvalue weighted by atomic mass is 10.0. The van der Waals surface area contributed by atoms with Gasteiger partial charge >= 0.3 is 12.0 Å². The maximum atomic E-state index is 11.8. The number of carbonyl (C=O) groups is 2. The average molecular weight is 262 g/mol. The van der Waals surface area contributed by atoms with E-state index in [1.54, 1.807) is 23.1 Å². The number of rotatable bonds is 4. The first-order chi connectivity index (χ1) is 9.18. The van der Waals surface area contributed by atoms with Gasteiger partial charge in [-0.15, -0.1) is 0 Å². The Morgan fingerprint density at radius 2 is 1.89 bits per heavy atom. The highest BCUT2D eigenvalue weighted by Crippen LogP contribution is 2.10. The van der Waals surface area contributed by atoms with Gasteiger partial charge in [0.05, 0.1) is 5.56 Å². The number of nitrogens with one attached hydrogen (secondary N) is 1. The van der Waals surface area contributed by atoms with Gasteiger partial charge in [-0.05, 0) is 30.9 Å². The Hall–Kier alpha value is -2.04. The van der Waals surface area contributed by atoms with Crippen molar-refractivity contribution < 1.29 is 14.7 Å². The smallest absolute Gasteiger partial charge is 0.335 e. The lowest BCUT2D eigenvalue weighted by Gasteiger charge is -2.16. The van der Waals surface area contributed by atoms with Gasteiger partial charge in [-0.2, -0.15) is 0 Å². The van der Waals surface area contributed by atoms with Crippen LogP contribution in [0.1, 0.15) is 28.8 Å². The summed E-state index contributed by atoms with van der Waals surface area (Å²) in [5.41, 5.74) is 1.05. The minimum absolute atomic E-state index is 0.0506. The summed E-state index contributed by atoms with van der Waals surface area (Å²) < 4.78 is 0. The predicted octanol–water partition coefficient (Wildman–Crippen LogP) is 1.73. The monoisotopic (exact) mass is 262 g/mol. The minimum atomic E-state index is -0.929. The Morgan fingerprint density at radius 1 is 1.21 bits per heavy atom. The summed E-state index contributed by atoms with van der Waals surface area (Å²) in [6.45, 7) is 2.09. The molecule has 0 radical (unpaired) electrons. The first-order valence-corrected chi connectivity index (χ1v) is 6.52. The van der Waals surface area contributed by atoms with Crippen LogP contribution in [0.4, 0.5) is 4.79 Å². The summed E-state index contributed by atoms with van der Waals surface area (Å²) in [6.07, 6.45) is 2.66. The number of nitrogens with zero attached hydrogens (tertiary/aromatic N) is 1. The molecule has 1 fully saturated rings. The first-order valence-electron chi connectivity index (χ1n) is 6.52. The second-order valence-corrected chi connectivity index (χ2v) is 4.64. The van der Waals surface area contributed by atoms with Crippen LogP contribution in [-0.4, -0.2) is 41.6 Å². The van der Waals surface area contributed by atoms with Crippen LogP contribution in [0.25, 0.3) is 0 Å². The molecule has 0 unspecified atom stereocenters. The minimum Gasteiger partial charge on any atom is -0.478 e. The number of urea groups is 1. The molecule has 1 aliphatic heterocycles. The van der Waals surface area contributed by atoms with E-state index in [9.17, 15) is 9.59 Å². The van der Waals surface area contributed by atoms with Crippen molar-refractivity contribution in [3.05, 3.63) is 35.4 Å². The Kier molecular flexibility index (Phi) is 4.39. The van der Waals surface area contributed by atoms with Crippen LogP contribution < -0.4 is 5.32 Å². The number of likely N-dealkylation sites (tertiary alicyclic amines) is 1. The van der Waals surface area contributed by atoms with E-state index in [0.717, 1.165) is 31.5 Å². The summed E-state index contributed by atoms with van der Waals surface area (Å²) in [4.78, 5) is 24.6. The molecule has 5 heteroatoms. The fourth-order valence-corrected chi connectivity index (χ4v) is 2.28. The molecule has 1 aliphatic rings. The number of amides is 2. The van der Waals surface area contributed by atoms with Gasteiger partial charge in [-0.3, -0.25) is 0 Å². The van der Waals surface area contributed by atoms with Crippen molar-refractivity contribution in [2.75, 3.05) is 19.6 Å². The average Bonchev–Trinajstić information content (AvgIpc) is 2.93. The number of hydrogen-bond donors (Lipinski definition) is 2. The molecular weight excluding hydrogens is 244 g/mol. The topological polar surface area (TPSA) is 69.6 Å². The maximum absolute atomic E-state index is 11.8. The fraction of sp³-hybridized carbons (Fsp3) is 0.429. The van der Waals surface area contributed by atoms with Crippen molar-refractivity contribution in [3.8, 4) is 0 Å². The van der Waals surface area contributed by atoms with Gasteiger partial charge in [-0.1, -0.05) is 18.2 Å². The largest absolute Gasteiger partial charge is 0.478 e. The van der Waals surface area contributed by atoms with E-state index in [-0.39, 0.29) is 6.03 Å². The van der Waals surface area contributed by atoms with Gasteiger partial charge in [0.2, 0.25) is 0 Å². The van der Waals surface area contributed by atoms with Crippen molar-refractivity contribution in [2.45, 2.75) is 19.3 Å². The van der Waals surface area contributed by atoms with E-state index in [0.29, 0.717) is 18.5 Å². The number of carboxylic acids is 1. The fourth-order valence-electron chi connectivity index (χ4n) is 2.28. The Labute approximate surface area is 112 Å². The van der Waals surface area contributed by atoms with Crippen LogP contribution in [0.2, 0.25) is 0 Å². The number of benzene rings is 1. The summed E-state index contributed by atoms with van der Waals surface area (Å²) in [6, 6.07) is 6.83. The van der Waals surface area contributed by atoms with Crippen LogP contribution in [-0.2, 0) is 6.42 Å². The third kappa shape index (κ3) is 3.47. The van der Waals surface area contributed by atoms with E-state index in [1.165, 1.54) is 0 Å². The number of hydrogen-bond acceptors (Lipinski definition) is 2. The van der Waals surface area contributed by atoms with Gasteiger partial charge in [0, 0.05) is 19.6 Å². The Bertz CT molecular complexity index is 468. The summed E-state index contributed by atoms with van der Waals surface area (Å²) in [5.74, 6) is -0.929. The third-order valence-electron chi connectivity index (χ3n) is 3.31. The van der Waals surface area contributed by atoms with Crippen LogP contribution in [0.3, 0.4) is 0 Å². The summed E-state index contributed by atoms with van der Waals surface area (Å²) >= 11 is 0. The summed E-state index contributed by atoms with van der Waals surface area (Å²) in [5, 5.41) is 11.9. The normalized spacial score (nSPS) is 14.4. The molecule has 1 heterocycles. The first kappa shape index (κ1) is 13.4. The molecule has 2 N–H and O–H groups in total. The van der Waals surface area contributed by atoms with Gasteiger partial charge in [0.25, 0.3) is 0 Å². The van der Waals surface area contributed by atoms with E-state index >= 15 is 0 Å². The molecule has 19 heavy (non-hydrogen) atoms. The van der Waals surface area contributed by atoms with Crippen LogP contribution in [0, 0.1) is 0 Å². The van der Waals surface area contributed by atoms with Crippen molar-refractivity contribution in [1.29, 1.82) is 0 Å². The van der Waals surface area contributed by atoms with Crippen LogP contribution in [0.15, 0.2) is 24.3 Å². The quantitative estimate of drug-likeness (QED) is 0.868. The van der Waals surface area contributed by atoms with Crippen molar-refractivity contribution in [2.24, 2.45) is 0 Å². The second kappa shape index (κ2) is 6.22. The highest BCUT2D eigenvalue weighted by molar-refractivity contribution is 5.89. The molecule has 0 aromatic heterocycles.